The Morgan fingerprint density at radius 1 is 1.27 bits per heavy atom. The van der Waals surface area contributed by atoms with E-state index in [1.165, 1.54) is 4.57 Å². The van der Waals surface area contributed by atoms with Crippen LogP contribution in [0.15, 0.2) is 47.5 Å². The normalized spacial score (nSPS) is 15.3. The van der Waals surface area contributed by atoms with Gasteiger partial charge in [0.2, 0.25) is 0 Å². The highest BCUT2D eigenvalue weighted by atomic mass is 16.2. The highest BCUT2D eigenvalue weighted by Crippen LogP contribution is 2.20. The van der Waals surface area contributed by atoms with Crippen LogP contribution in [0.25, 0.3) is 10.8 Å². The van der Waals surface area contributed by atoms with Crippen molar-refractivity contribution in [2.45, 2.75) is 18.9 Å². The fourth-order valence-corrected chi connectivity index (χ4v) is 3.44. The Labute approximate surface area is 150 Å². The van der Waals surface area contributed by atoms with Crippen molar-refractivity contribution in [3.63, 3.8) is 0 Å². The molecule has 1 saturated heterocycles. The number of rotatable bonds is 3. The van der Waals surface area contributed by atoms with Crippen molar-refractivity contribution < 1.29 is 4.79 Å². The van der Waals surface area contributed by atoms with Crippen molar-refractivity contribution in [2.24, 2.45) is 7.05 Å². The molecule has 0 unspecified atom stereocenters. The number of carbonyl (C=O) groups excluding carboxylic acids is 1. The largest absolute Gasteiger partial charge is 0.318 e. The number of carbonyl (C=O) groups is 1. The van der Waals surface area contributed by atoms with Gasteiger partial charge in [0.1, 0.15) is 5.69 Å². The Morgan fingerprint density at radius 2 is 2.04 bits per heavy atom. The van der Waals surface area contributed by atoms with Crippen LogP contribution in [0.4, 0.5) is 5.69 Å². The van der Waals surface area contributed by atoms with Gasteiger partial charge in [-0.25, -0.2) is 0 Å². The minimum Gasteiger partial charge on any atom is -0.318 e. The van der Waals surface area contributed by atoms with E-state index in [9.17, 15) is 9.59 Å². The van der Waals surface area contributed by atoms with E-state index in [0.717, 1.165) is 31.3 Å². The maximum absolute atomic E-state index is 12.7. The third kappa shape index (κ3) is 3.01. The highest BCUT2D eigenvalue weighted by molar-refractivity contribution is 6.04. The molecule has 134 valence electrons. The van der Waals surface area contributed by atoms with E-state index < -0.39 is 0 Å². The number of nitrogens with zero attached hydrogens (tertiary/aromatic N) is 3. The second-order valence-electron chi connectivity index (χ2n) is 6.63. The molecule has 7 nitrogen and oxygen atoms in total. The third-order valence-corrected chi connectivity index (χ3v) is 4.92. The van der Waals surface area contributed by atoms with Crippen molar-refractivity contribution in [3.05, 3.63) is 58.8 Å². The van der Waals surface area contributed by atoms with E-state index in [4.69, 9.17) is 0 Å². The van der Waals surface area contributed by atoms with Gasteiger partial charge in [-0.3, -0.25) is 14.3 Å². The lowest BCUT2D eigenvalue weighted by atomic mass is 10.1. The Balaban J connectivity index is 1.59. The molecule has 0 bridgehead atoms. The first kappa shape index (κ1) is 16.5. The molecule has 4 rings (SSSR count). The molecule has 0 saturated carbocycles. The van der Waals surface area contributed by atoms with Crippen LogP contribution in [0.3, 0.4) is 0 Å². The van der Waals surface area contributed by atoms with Gasteiger partial charge in [-0.2, -0.15) is 5.10 Å². The molecule has 0 radical (unpaired) electrons. The number of anilines is 1. The van der Waals surface area contributed by atoms with Gasteiger partial charge in [-0.05, 0) is 43.5 Å². The van der Waals surface area contributed by atoms with Crippen molar-refractivity contribution in [3.8, 4) is 0 Å². The van der Waals surface area contributed by atoms with Crippen LogP contribution < -0.4 is 16.2 Å². The summed E-state index contributed by atoms with van der Waals surface area (Å²) >= 11 is 0. The van der Waals surface area contributed by atoms with E-state index in [0.29, 0.717) is 22.8 Å². The molecule has 2 aromatic heterocycles. The molecular formula is C19H21N5O2. The summed E-state index contributed by atoms with van der Waals surface area (Å²) in [6.45, 7) is 1.96. The Morgan fingerprint density at radius 3 is 2.85 bits per heavy atom. The van der Waals surface area contributed by atoms with Gasteiger partial charge in [-0.15, -0.1) is 0 Å². The summed E-state index contributed by atoms with van der Waals surface area (Å²) in [6, 6.07) is 9.37. The summed E-state index contributed by atoms with van der Waals surface area (Å²) in [5, 5.41) is 11.9. The molecule has 1 aliphatic rings. The van der Waals surface area contributed by atoms with E-state index in [1.807, 2.05) is 29.1 Å². The van der Waals surface area contributed by atoms with Gasteiger partial charge in [0.25, 0.3) is 11.5 Å². The lowest BCUT2D eigenvalue weighted by Gasteiger charge is -2.22. The Kier molecular flexibility index (Phi) is 4.30. The van der Waals surface area contributed by atoms with Crippen LogP contribution in [-0.2, 0) is 7.05 Å². The van der Waals surface area contributed by atoms with Gasteiger partial charge < -0.3 is 15.2 Å². The number of hydrogen-bond acceptors (Lipinski definition) is 4. The summed E-state index contributed by atoms with van der Waals surface area (Å²) in [4.78, 5) is 25.2. The Bertz CT molecular complexity index is 1010. The zero-order chi connectivity index (χ0) is 18.1. The fourth-order valence-electron chi connectivity index (χ4n) is 3.44. The van der Waals surface area contributed by atoms with Crippen LogP contribution in [-0.4, -0.2) is 33.3 Å². The third-order valence-electron chi connectivity index (χ3n) is 4.92. The first-order valence-electron chi connectivity index (χ1n) is 8.78. The molecule has 1 aromatic carbocycles. The number of nitrogens with one attached hydrogen (secondary N) is 2. The first-order valence-corrected chi connectivity index (χ1v) is 8.78. The molecule has 26 heavy (non-hydrogen) atoms. The van der Waals surface area contributed by atoms with Crippen LogP contribution in [0.2, 0.25) is 0 Å². The van der Waals surface area contributed by atoms with Crippen molar-refractivity contribution in [1.82, 2.24) is 19.7 Å². The molecule has 1 aliphatic heterocycles. The average molecular weight is 351 g/mol. The number of piperidine rings is 1. The van der Waals surface area contributed by atoms with Gasteiger partial charge >= 0.3 is 0 Å². The lowest BCUT2D eigenvalue weighted by Crippen LogP contribution is -2.29. The van der Waals surface area contributed by atoms with Gasteiger partial charge in [0.05, 0.1) is 17.9 Å². The van der Waals surface area contributed by atoms with Crippen LogP contribution >= 0.6 is 0 Å². The first-order chi connectivity index (χ1) is 12.6. The molecule has 1 fully saturated rings. The van der Waals surface area contributed by atoms with E-state index >= 15 is 0 Å². The molecule has 3 heterocycles. The molecule has 3 aromatic rings. The minimum atomic E-state index is -0.319. The van der Waals surface area contributed by atoms with Crippen molar-refractivity contribution >= 4 is 22.4 Å². The summed E-state index contributed by atoms with van der Waals surface area (Å²) in [5.74, 6) is -0.319. The molecule has 2 N–H and O–H groups in total. The molecule has 1 amide bonds. The van der Waals surface area contributed by atoms with Crippen LogP contribution in [0, 0.1) is 0 Å². The fraction of sp³-hybridized carbons (Fsp3) is 0.316. The quantitative estimate of drug-likeness (QED) is 0.755. The molecule has 0 atom stereocenters. The zero-order valence-corrected chi connectivity index (χ0v) is 14.6. The molecule has 0 aliphatic carbocycles. The van der Waals surface area contributed by atoms with E-state index in [-0.39, 0.29) is 11.5 Å². The van der Waals surface area contributed by atoms with Crippen LogP contribution in [0.5, 0.6) is 0 Å². The SMILES string of the molecule is Cn1c(C(=O)Nc2cnn(C3CCNCC3)c2)cc2ccccc2c1=O. The Hall–Kier alpha value is -2.93. The smallest absolute Gasteiger partial charge is 0.272 e. The maximum Gasteiger partial charge on any atom is 0.272 e. The maximum atomic E-state index is 12.7. The molecule has 0 spiro atoms. The molecular weight excluding hydrogens is 330 g/mol. The topological polar surface area (TPSA) is 81.0 Å². The van der Waals surface area contributed by atoms with Gasteiger partial charge in [0, 0.05) is 18.6 Å². The number of fused-ring (bicyclic) bond motifs is 1. The monoisotopic (exact) mass is 351 g/mol. The summed E-state index contributed by atoms with van der Waals surface area (Å²) in [7, 11) is 1.61. The summed E-state index contributed by atoms with van der Waals surface area (Å²) in [6.07, 6.45) is 5.55. The molecule has 7 heteroatoms. The zero-order valence-electron chi connectivity index (χ0n) is 14.6. The van der Waals surface area contributed by atoms with E-state index in [2.05, 4.69) is 15.7 Å². The highest BCUT2D eigenvalue weighted by Gasteiger charge is 2.17. The average Bonchev–Trinajstić information content (AvgIpc) is 3.14. The minimum absolute atomic E-state index is 0.182. The second kappa shape index (κ2) is 6.76. The number of aromatic nitrogens is 3. The van der Waals surface area contributed by atoms with Gasteiger partial charge in [-0.1, -0.05) is 18.2 Å². The summed E-state index contributed by atoms with van der Waals surface area (Å²) < 4.78 is 3.30. The lowest BCUT2D eigenvalue weighted by molar-refractivity contribution is 0.101. The van der Waals surface area contributed by atoms with E-state index in [1.54, 1.807) is 25.4 Å². The standard InChI is InChI=1S/C19H21N5O2/c1-23-17(10-13-4-2-3-5-16(13)19(23)26)18(25)22-14-11-21-24(12-14)15-6-8-20-9-7-15/h2-5,10-12,15,20H,6-9H2,1H3,(H,22,25). The number of benzene rings is 1. The number of amides is 1. The number of pyridine rings is 1. The second-order valence-corrected chi connectivity index (χ2v) is 6.63. The van der Waals surface area contributed by atoms with Crippen molar-refractivity contribution in [2.75, 3.05) is 18.4 Å². The summed E-state index contributed by atoms with van der Waals surface area (Å²) in [5.41, 5.74) is 0.774. The van der Waals surface area contributed by atoms with Crippen molar-refractivity contribution in [1.29, 1.82) is 0 Å². The van der Waals surface area contributed by atoms with Crippen LogP contribution in [0.1, 0.15) is 29.4 Å². The predicted molar refractivity (Wildman–Crippen MR) is 101 cm³/mol. The predicted octanol–water partition coefficient (Wildman–Crippen LogP) is 1.91. The van der Waals surface area contributed by atoms with Gasteiger partial charge in [0.15, 0.2) is 0 Å². The number of hydrogen-bond donors (Lipinski definition) is 2.